The van der Waals surface area contributed by atoms with E-state index in [0.29, 0.717) is 6.04 Å². The first-order chi connectivity index (χ1) is 8.74. The number of nitrogens with two attached hydrogens (primary N) is 1. The Morgan fingerprint density at radius 1 is 1.61 bits per heavy atom. The van der Waals surface area contributed by atoms with Crippen LogP contribution in [0, 0.1) is 0 Å². The summed E-state index contributed by atoms with van der Waals surface area (Å²) in [5.41, 5.74) is 6.29. The first-order valence-corrected chi connectivity index (χ1v) is 6.81. The van der Waals surface area contributed by atoms with E-state index in [1.54, 1.807) is 0 Å². The van der Waals surface area contributed by atoms with Crippen molar-refractivity contribution in [1.82, 2.24) is 14.5 Å². The van der Waals surface area contributed by atoms with Gasteiger partial charge >= 0.3 is 0 Å². The molecule has 0 spiro atoms. The van der Waals surface area contributed by atoms with Gasteiger partial charge in [-0.2, -0.15) is 0 Å². The van der Waals surface area contributed by atoms with E-state index in [1.807, 2.05) is 24.0 Å². The number of morpholine rings is 1. The van der Waals surface area contributed by atoms with Crippen LogP contribution >= 0.6 is 0 Å². The minimum absolute atomic E-state index is 0.0349. The Morgan fingerprint density at radius 3 is 3.28 bits per heavy atom. The first kappa shape index (κ1) is 12.1. The van der Waals surface area contributed by atoms with Gasteiger partial charge in [0.25, 0.3) is 0 Å². The number of nitrogens with zero attached hydrogens (tertiary/aromatic N) is 3. The van der Waals surface area contributed by atoms with Gasteiger partial charge in [0.15, 0.2) is 0 Å². The molecule has 5 nitrogen and oxygen atoms in total. The lowest BCUT2D eigenvalue weighted by Gasteiger charge is -2.37. The molecule has 0 aromatic carbocycles. The summed E-state index contributed by atoms with van der Waals surface area (Å²) in [5.74, 6) is 1.04. The van der Waals surface area contributed by atoms with Gasteiger partial charge in [0.05, 0.1) is 12.7 Å². The molecule has 1 aromatic rings. The molecule has 3 heterocycles. The quantitative estimate of drug-likeness (QED) is 0.830. The highest BCUT2D eigenvalue weighted by Gasteiger charge is 2.34. The van der Waals surface area contributed by atoms with Crippen LogP contribution in [0.15, 0.2) is 12.4 Å². The van der Waals surface area contributed by atoms with Gasteiger partial charge in [-0.25, -0.2) is 4.98 Å². The molecule has 2 aliphatic rings. The van der Waals surface area contributed by atoms with Crippen molar-refractivity contribution in [2.75, 3.05) is 19.7 Å². The SMILES string of the molecule is Cn1ccnc1CC(N)C1CN2CCCC2CO1. The summed E-state index contributed by atoms with van der Waals surface area (Å²) in [5, 5.41) is 0. The zero-order chi connectivity index (χ0) is 12.5. The third-order valence-corrected chi connectivity index (χ3v) is 4.23. The molecule has 3 unspecified atom stereocenters. The van der Waals surface area contributed by atoms with E-state index < -0.39 is 0 Å². The van der Waals surface area contributed by atoms with Crippen molar-refractivity contribution >= 4 is 0 Å². The standard InChI is InChI=1S/C13H22N4O/c1-16-6-4-15-13(16)7-11(14)12-8-17-5-2-3-10(17)9-18-12/h4,6,10-12H,2-3,5,7-9,14H2,1H3. The monoisotopic (exact) mass is 250 g/mol. The average molecular weight is 250 g/mol. The van der Waals surface area contributed by atoms with Crippen LogP contribution in [0.3, 0.4) is 0 Å². The Bertz CT molecular complexity index is 405. The van der Waals surface area contributed by atoms with Crippen LogP contribution in [0.4, 0.5) is 0 Å². The number of aryl methyl sites for hydroxylation is 1. The summed E-state index contributed by atoms with van der Waals surface area (Å²) >= 11 is 0. The molecule has 2 aliphatic heterocycles. The van der Waals surface area contributed by atoms with E-state index in [2.05, 4.69) is 9.88 Å². The van der Waals surface area contributed by atoms with Crippen LogP contribution in [0.1, 0.15) is 18.7 Å². The highest BCUT2D eigenvalue weighted by Crippen LogP contribution is 2.23. The number of fused-ring (bicyclic) bond motifs is 1. The van der Waals surface area contributed by atoms with E-state index in [9.17, 15) is 0 Å². The summed E-state index contributed by atoms with van der Waals surface area (Å²) < 4.78 is 7.97. The Hall–Kier alpha value is -0.910. The third kappa shape index (κ3) is 2.30. The Balaban J connectivity index is 1.59. The average Bonchev–Trinajstić information content (AvgIpc) is 2.98. The molecule has 18 heavy (non-hydrogen) atoms. The van der Waals surface area contributed by atoms with Crippen LogP contribution in [0.2, 0.25) is 0 Å². The maximum absolute atomic E-state index is 6.29. The lowest BCUT2D eigenvalue weighted by atomic mass is 10.0. The predicted octanol–water partition coefficient (Wildman–Crippen LogP) is 0.153. The molecule has 0 radical (unpaired) electrons. The van der Waals surface area contributed by atoms with E-state index in [-0.39, 0.29) is 12.1 Å². The highest BCUT2D eigenvalue weighted by molar-refractivity contribution is 4.97. The smallest absolute Gasteiger partial charge is 0.110 e. The van der Waals surface area contributed by atoms with E-state index in [1.165, 1.54) is 19.4 Å². The molecule has 2 N–H and O–H groups in total. The van der Waals surface area contributed by atoms with Crippen LogP contribution in [-0.2, 0) is 18.2 Å². The second-order valence-corrected chi connectivity index (χ2v) is 5.49. The fourth-order valence-electron chi connectivity index (χ4n) is 3.04. The van der Waals surface area contributed by atoms with Gasteiger partial charge in [0.2, 0.25) is 0 Å². The minimum Gasteiger partial charge on any atom is -0.374 e. The van der Waals surface area contributed by atoms with Crippen molar-refractivity contribution in [2.45, 2.75) is 37.5 Å². The summed E-state index contributed by atoms with van der Waals surface area (Å²) in [7, 11) is 2.01. The molecule has 0 amide bonds. The van der Waals surface area contributed by atoms with Crippen LogP contribution in [-0.4, -0.2) is 52.3 Å². The normalized spacial score (nSPS) is 30.3. The van der Waals surface area contributed by atoms with Crippen molar-refractivity contribution in [1.29, 1.82) is 0 Å². The third-order valence-electron chi connectivity index (χ3n) is 4.23. The summed E-state index contributed by atoms with van der Waals surface area (Å²) in [6.45, 7) is 3.04. The molecule has 1 aromatic heterocycles. The Kier molecular flexibility index (Phi) is 3.37. The van der Waals surface area contributed by atoms with Crippen LogP contribution in [0.25, 0.3) is 0 Å². The van der Waals surface area contributed by atoms with Gasteiger partial charge in [0.1, 0.15) is 5.82 Å². The maximum atomic E-state index is 6.29. The van der Waals surface area contributed by atoms with Gasteiger partial charge in [-0.15, -0.1) is 0 Å². The number of hydrogen-bond donors (Lipinski definition) is 1. The zero-order valence-electron chi connectivity index (χ0n) is 11.0. The molecule has 3 rings (SSSR count). The van der Waals surface area contributed by atoms with Crippen LogP contribution in [0.5, 0.6) is 0 Å². The number of rotatable bonds is 3. The lowest BCUT2D eigenvalue weighted by Crippen LogP contribution is -2.53. The Labute approximate surface area is 108 Å². The lowest BCUT2D eigenvalue weighted by molar-refractivity contribution is -0.0592. The molecule has 2 saturated heterocycles. The van der Waals surface area contributed by atoms with Gasteiger partial charge in [-0.1, -0.05) is 0 Å². The molecule has 0 aliphatic carbocycles. The largest absolute Gasteiger partial charge is 0.374 e. The van der Waals surface area contributed by atoms with Crippen molar-refractivity contribution in [3.8, 4) is 0 Å². The fraction of sp³-hybridized carbons (Fsp3) is 0.769. The molecule has 0 saturated carbocycles. The number of hydrogen-bond acceptors (Lipinski definition) is 4. The Morgan fingerprint density at radius 2 is 2.50 bits per heavy atom. The summed E-state index contributed by atoms with van der Waals surface area (Å²) in [4.78, 5) is 6.87. The van der Waals surface area contributed by atoms with Gasteiger partial charge in [-0.05, 0) is 19.4 Å². The highest BCUT2D eigenvalue weighted by atomic mass is 16.5. The molecular formula is C13H22N4O. The molecule has 0 bridgehead atoms. The van der Waals surface area contributed by atoms with Crippen LogP contribution < -0.4 is 5.73 Å². The second-order valence-electron chi connectivity index (χ2n) is 5.49. The molecule has 100 valence electrons. The van der Waals surface area contributed by atoms with Crippen molar-refractivity contribution < 1.29 is 4.74 Å². The second kappa shape index (κ2) is 4.99. The first-order valence-electron chi connectivity index (χ1n) is 6.81. The van der Waals surface area contributed by atoms with Gasteiger partial charge in [-0.3, -0.25) is 4.90 Å². The molecule has 2 fully saturated rings. The summed E-state index contributed by atoms with van der Waals surface area (Å²) in [6.07, 6.45) is 7.29. The van der Waals surface area contributed by atoms with Gasteiger partial charge < -0.3 is 15.0 Å². The van der Waals surface area contributed by atoms with Crippen molar-refractivity contribution in [3.63, 3.8) is 0 Å². The topological polar surface area (TPSA) is 56.3 Å². The predicted molar refractivity (Wildman–Crippen MR) is 69.2 cm³/mol. The van der Waals surface area contributed by atoms with Crippen molar-refractivity contribution in [3.05, 3.63) is 18.2 Å². The van der Waals surface area contributed by atoms with E-state index in [0.717, 1.165) is 25.4 Å². The molecule has 3 atom stereocenters. The fourth-order valence-corrected chi connectivity index (χ4v) is 3.04. The van der Waals surface area contributed by atoms with Gasteiger partial charge in [0, 0.05) is 44.5 Å². The van der Waals surface area contributed by atoms with E-state index >= 15 is 0 Å². The van der Waals surface area contributed by atoms with E-state index in [4.69, 9.17) is 10.5 Å². The minimum atomic E-state index is 0.0349. The van der Waals surface area contributed by atoms with Crippen molar-refractivity contribution in [2.24, 2.45) is 12.8 Å². The number of imidazole rings is 1. The summed E-state index contributed by atoms with van der Waals surface area (Å²) in [6, 6.07) is 0.675. The number of aromatic nitrogens is 2. The molecule has 5 heteroatoms. The molecular weight excluding hydrogens is 228 g/mol. The zero-order valence-corrected chi connectivity index (χ0v) is 11.0. The maximum Gasteiger partial charge on any atom is 0.110 e. The number of ether oxygens (including phenoxy) is 1.